The first-order valence-corrected chi connectivity index (χ1v) is 6.93. The van der Waals surface area contributed by atoms with E-state index in [9.17, 15) is 4.79 Å². The number of para-hydroxylation sites is 1. The number of nitrogens with zero attached hydrogens (tertiary/aromatic N) is 1. The van der Waals surface area contributed by atoms with Gasteiger partial charge in [0.05, 0.1) is 29.7 Å². The summed E-state index contributed by atoms with van der Waals surface area (Å²) in [6.45, 7) is 0. The van der Waals surface area contributed by atoms with Gasteiger partial charge in [-0.25, -0.2) is 0 Å². The minimum Gasteiger partial charge on any atom is -0.497 e. The van der Waals surface area contributed by atoms with Crippen molar-refractivity contribution >= 4 is 52.1 Å². The van der Waals surface area contributed by atoms with E-state index in [4.69, 9.17) is 46.4 Å². The van der Waals surface area contributed by atoms with Crippen molar-refractivity contribution in [2.45, 2.75) is 0 Å². The number of carbonyl (C=O) groups is 1. The Labute approximate surface area is 145 Å². The molecule has 0 atom stereocenters. The minimum absolute atomic E-state index is 0.0142. The fourth-order valence-electron chi connectivity index (χ4n) is 1.65. The van der Waals surface area contributed by atoms with Gasteiger partial charge in [-0.2, -0.15) is 0 Å². The maximum Gasteiger partial charge on any atom is 0.246 e. The van der Waals surface area contributed by atoms with Crippen molar-refractivity contribution in [3.63, 3.8) is 0 Å². The van der Waals surface area contributed by atoms with Crippen LogP contribution in [0, 0.1) is 0 Å². The monoisotopic (exact) mass is 348 g/mol. The van der Waals surface area contributed by atoms with Gasteiger partial charge in [0, 0.05) is 17.8 Å². The lowest BCUT2D eigenvalue weighted by atomic mass is 10.2. The second-order valence-corrected chi connectivity index (χ2v) is 4.86. The number of amides is 1. The smallest absolute Gasteiger partial charge is 0.246 e. The van der Waals surface area contributed by atoms with E-state index in [0.717, 1.165) is 4.90 Å². The van der Waals surface area contributed by atoms with E-state index in [1.807, 2.05) is 0 Å². The topological polar surface area (TPSA) is 29.5 Å². The van der Waals surface area contributed by atoms with Gasteiger partial charge in [0.2, 0.25) is 5.91 Å². The molecule has 0 fully saturated rings. The van der Waals surface area contributed by atoms with Crippen LogP contribution in [0.2, 0.25) is 10.0 Å². The third kappa shape index (κ3) is 3.43. The molecule has 0 heterocycles. The van der Waals surface area contributed by atoms with E-state index in [-0.39, 0.29) is 15.7 Å². The lowest BCUT2D eigenvalue weighted by Gasteiger charge is -2.24. The Morgan fingerprint density at radius 2 is 1.81 bits per heavy atom. The molecule has 0 saturated carbocycles. The highest BCUT2D eigenvalue weighted by Gasteiger charge is 2.23. The number of hydrogen-bond acceptors (Lipinski definition) is 2. The number of anilines is 2. The van der Waals surface area contributed by atoms with Crippen LogP contribution in [0.25, 0.3) is 0 Å². The molecule has 0 aromatic heterocycles. The first kappa shape index (κ1) is 10.3. The van der Waals surface area contributed by atoms with E-state index in [1.165, 1.54) is 19.2 Å². The minimum atomic E-state index is -0.765. The standard InChI is InChI=1S/C15H12Cl3NO2/c1-21-11-7-12(17)15(13(18)8-11)19(14(20)9-16)10-5-3-2-4-6-10/h2-8H,9H2,1H3/i2D,3D,4D,5D,6D. The number of carbonyl (C=O) groups excluding carboxylic acids is 1. The molecule has 0 saturated heterocycles. The van der Waals surface area contributed by atoms with Gasteiger partial charge in [-0.15, -0.1) is 11.6 Å². The third-order valence-electron chi connectivity index (χ3n) is 2.52. The second-order valence-electron chi connectivity index (χ2n) is 3.78. The van der Waals surface area contributed by atoms with Crippen LogP contribution in [0.5, 0.6) is 5.75 Å². The van der Waals surface area contributed by atoms with Crippen LogP contribution < -0.4 is 9.64 Å². The number of methoxy groups -OCH3 is 1. The molecular formula is C15H12Cl3NO2. The van der Waals surface area contributed by atoms with Gasteiger partial charge in [-0.3, -0.25) is 9.69 Å². The molecule has 2 aromatic rings. The summed E-state index contributed by atoms with van der Waals surface area (Å²) in [5, 5.41) is -0.0285. The SMILES string of the molecule is [2H]c1c([2H])c([2H])c(N(C(=O)CCl)c2c(Cl)cc(OC)cc2Cl)c([2H])c1[2H]. The highest BCUT2D eigenvalue weighted by molar-refractivity contribution is 6.41. The van der Waals surface area contributed by atoms with Gasteiger partial charge in [-0.1, -0.05) is 41.3 Å². The number of benzene rings is 2. The summed E-state index contributed by atoms with van der Waals surface area (Å²) >= 11 is 18.1. The molecule has 0 aliphatic carbocycles. The average molecular weight is 350 g/mol. The van der Waals surface area contributed by atoms with Crippen LogP contribution in [-0.2, 0) is 4.79 Å². The summed E-state index contributed by atoms with van der Waals surface area (Å²) in [5.41, 5.74) is -0.450. The van der Waals surface area contributed by atoms with Crippen molar-refractivity contribution in [3.05, 3.63) is 52.4 Å². The Kier molecular flexibility index (Phi) is 3.46. The lowest BCUT2D eigenvalue weighted by Crippen LogP contribution is -2.27. The fraction of sp³-hybridized carbons (Fsp3) is 0.133. The van der Waals surface area contributed by atoms with Gasteiger partial charge in [0.25, 0.3) is 0 Å². The Balaban J connectivity index is 2.88. The molecule has 2 rings (SSSR count). The molecule has 6 heteroatoms. The molecule has 1 amide bonds. The highest BCUT2D eigenvalue weighted by atomic mass is 35.5. The summed E-state index contributed by atoms with van der Waals surface area (Å²) in [7, 11) is 1.40. The zero-order chi connectivity index (χ0) is 19.8. The van der Waals surface area contributed by atoms with Gasteiger partial charge in [-0.05, 0) is 12.1 Å². The molecule has 21 heavy (non-hydrogen) atoms. The number of ether oxygens (including phenoxy) is 1. The van der Waals surface area contributed by atoms with E-state index in [2.05, 4.69) is 0 Å². The number of halogens is 3. The first-order valence-electron chi connectivity index (χ1n) is 8.14. The van der Waals surface area contributed by atoms with Crippen LogP contribution in [0.15, 0.2) is 42.3 Å². The van der Waals surface area contributed by atoms with E-state index in [0.29, 0.717) is 5.75 Å². The summed E-state index contributed by atoms with van der Waals surface area (Å²) in [4.78, 5) is 13.3. The Bertz CT molecular complexity index is 842. The average Bonchev–Trinajstić information content (AvgIpc) is 2.62. The third-order valence-corrected chi connectivity index (χ3v) is 3.33. The molecule has 0 aliphatic heterocycles. The van der Waals surface area contributed by atoms with Gasteiger partial charge < -0.3 is 4.74 Å². The van der Waals surface area contributed by atoms with Crippen molar-refractivity contribution in [2.24, 2.45) is 0 Å². The number of alkyl halides is 1. The Morgan fingerprint density at radius 1 is 1.24 bits per heavy atom. The maximum atomic E-state index is 12.5. The van der Waals surface area contributed by atoms with Crippen molar-refractivity contribution in [2.75, 3.05) is 17.9 Å². The zero-order valence-electron chi connectivity index (χ0n) is 15.8. The van der Waals surface area contributed by atoms with E-state index >= 15 is 0 Å². The van der Waals surface area contributed by atoms with Crippen LogP contribution in [0.3, 0.4) is 0 Å². The molecule has 0 radical (unpaired) electrons. The fourth-order valence-corrected chi connectivity index (χ4v) is 2.41. The normalized spacial score (nSPS) is 13.6. The second kappa shape index (κ2) is 7.03. The van der Waals surface area contributed by atoms with Gasteiger partial charge >= 0.3 is 0 Å². The van der Waals surface area contributed by atoms with Crippen LogP contribution in [0.4, 0.5) is 11.4 Å². The van der Waals surface area contributed by atoms with Crippen molar-refractivity contribution in [3.8, 4) is 5.75 Å². The highest BCUT2D eigenvalue weighted by Crippen LogP contribution is 2.40. The summed E-state index contributed by atoms with van der Waals surface area (Å²) in [5.74, 6) is -0.969. The summed E-state index contributed by atoms with van der Waals surface area (Å²) in [6.07, 6.45) is 0. The predicted octanol–water partition coefficient (Wildman–Crippen LogP) is 4.91. The molecule has 0 unspecified atom stereocenters. The van der Waals surface area contributed by atoms with Crippen LogP contribution >= 0.6 is 34.8 Å². The van der Waals surface area contributed by atoms with E-state index < -0.39 is 47.7 Å². The van der Waals surface area contributed by atoms with Crippen molar-refractivity contribution in [1.82, 2.24) is 0 Å². The largest absolute Gasteiger partial charge is 0.497 e. The number of hydrogen-bond donors (Lipinski definition) is 0. The molecule has 0 aliphatic rings. The first-order chi connectivity index (χ1) is 12.1. The molecular weight excluding hydrogens is 333 g/mol. The molecule has 0 spiro atoms. The Hall–Kier alpha value is -1.42. The lowest BCUT2D eigenvalue weighted by molar-refractivity contribution is -0.115. The van der Waals surface area contributed by atoms with Gasteiger partial charge in [0.15, 0.2) is 0 Å². The quantitative estimate of drug-likeness (QED) is 0.734. The molecule has 2 aromatic carbocycles. The van der Waals surface area contributed by atoms with Crippen LogP contribution in [-0.4, -0.2) is 18.9 Å². The van der Waals surface area contributed by atoms with E-state index in [1.54, 1.807) is 0 Å². The summed E-state index contributed by atoms with van der Waals surface area (Å²) < 4.78 is 44.5. The van der Waals surface area contributed by atoms with Crippen LogP contribution in [0.1, 0.15) is 6.85 Å². The number of rotatable bonds is 4. The van der Waals surface area contributed by atoms with Crippen molar-refractivity contribution in [1.29, 1.82) is 0 Å². The van der Waals surface area contributed by atoms with Crippen molar-refractivity contribution < 1.29 is 16.4 Å². The Morgan fingerprint density at radius 3 is 2.29 bits per heavy atom. The molecule has 0 N–H and O–H groups in total. The predicted molar refractivity (Wildman–Crippen MR) is 87.3 cm³/mol. The summed E-state index contributed by atoms with van der Waals surface area (Å²) in [6, 6.07) is -0.203. The maximum absolute atomic E-state index is 12.5. The van der Waals surface area contributed by atoms with Gasteiger partial charge in [0.1, 0.15) is 11.6 Å². The molecule has 3 nitrogen and oxygen atoms in total. The molecule has 110 valence electrons. The molecule has 0 bridgehead atoms. The zero-order valence-corrected chi connectivity index (χ0v) is 13.0.